The third kappa shape index (κ3) is 2.23. The monoisotopic (exact) mass is 258 g/mol. The van der Waals surface area contributed by atoms with Crippen LogP contribution in [-0.4, -0.2) is 11.8 Å². The van der Waals surface area contributed by atoms with Gasteiger partial charge in [-0.3, -0.25) is 15.0 Å². The second-order valence-corrected chi connectivity index (χ2v) is 5.36. The first-order valence-electron chi connectivity index (χ1n) is 6.97. The van der Waals surface area contributed by atoms with Gasteiger partial charge < -0.3 is 0 Å². The van der Waals surface area contributed by atoms with Crippen molar-refractivity contribution in [2.24, 2.45) is 11.8 Å². The molecular formula is C15H18N2O2. The van der Waals surface area contributed by atoms with Crippen LogP contribution in [0, 0.1) is 11.8 Å². The molecule has 0 spiro atoms. The summed E-state index contributed by atoms with van der Waals surface area (Å²) in [4.78, 5) is 24.6. The summed E-state index contributed by atoms with van der Waals surface area (Å²) in [5.74, 6) is -0.501. The Morgan fingerprint density at radius 2 is 1.68 bits per heavy atom. The molecule has 1 aliphatic heterocycles. The average Bonchev–Trinajstić information content (AvgIpc) is 2.76. The molecule has 1 aromatic rings. The predicted octanol–water partition coefficient (Wildman–Crippen LogP) is 2.26. The van der Waals surface area contributed by atoms with E-state index in [9.17, 15) is 9.59 Å². The highest BCUT2D eigenvalue weighted by atomic mass is 16.2. The third-order valence-electron chi connectivity index (χ3n) is 4.13. The average molecular weight is 258 g/mol. The molecule has 0 radical (unpaired) electrons. The molecule has 3 rings (SSSR count). The fourth-order valence-corrected chi connectivity index (χ4v) is 3.14. The van der Waals surface area contributed by atoms with Crippen LogP contribution >= 0.6 is 0 Å². The summed E-state index contributed by atoms with van der Waals surface area (Å²) in [6.07, 6.45) is 5.47. The van der Waals surface area contributed by atoms with Crippen LogP contribution in [0.1, 0.15) is 32.1 Å². The number of carbonyl (C=O) groups is 2. The van der Waals surface area contributed by atoms with Gasteiger partial charge in [0.1, 0.15) is 5.92 Å². The minimum atomic E-state index is -0.486. The lowest BCUT2D eigenvalue weighted by Crippen LogP contribution is -2.35. The number of para-hydroxylation sites is 1. The van der Waals surface area contributed by atoms with Crippen molar-refractivity contribution < 1.29 is 9.59 Å². The molecule has 100 valence electrons. The highest BCUT2D eigenvalue weighted by Gasteiger charge is 2.44. The van der Waals surface area contributed by atoms with Gasteiger partial charge in [-0.1, -0.05) is 37.5 Å². The van der Waals surface area contributed by atoms with Crippen molar-refractivity contribution in [2.45, 2.75) is 32.1 Å². The van der Waals surface area contributed by atoms with Gasteiger partial charge >= 0.3 is 0 Å². The first-order valence-corrected chi connectivity index (χ1v) is 6.97. The summed E-state index contributed by atoms with van der Waals surface area (Å²) in [5.41, 5.74) is 3.45. The number of anilines is 1. The SMILES string of the molecule is O=C1NN(c2ccccc2)C(=O)C1C1CCCCC1. The fraction of sp³-hybridized carbons (Fsp3) is 0.467. The second kappa shape index (κ2) is 5.03. The Morgan fingerprint density at radius 1 is 1.00 bits per heavy atom. The number of carbonyl (C=O) groups excluding carboxylic acids is 2. The molecule has 0 aromatic heterocycles. The van der Waals surface area contributed by atoms with Gasteiger partial charge in [0.15, 0.2) is 0 Å². The standard InChI is InChI=1S/C15H18N2O2/c18-14-13(11-7-3-1-4-8-11)15(19)17(16-14)12-9-5-2-6-10-12/h2,5-6,9-11,13H,1,3-4,7-8H2,(H,16,18). The van der Waals surface area contributed by atoms with E-state index in [0.717, 1.165) is 31.4 Å². The van der Waals surface area contributed by atoms with E-state index in [1.165, 1.54) is 11.4 Å². The zero-order valence-electron chi connectivity index (χ0n) is 10.8. The van der Waals surface area contributed by atoms with Gasteiger partial charge in [0.2, 0.25) is 0 Å². The minimum Gasteiger partial charge on any atom is -0.272 e. The molecule has 4 heteroatoms. The van der Waals surface area contributed by atoms with Gasteiger partial charge in [-0.05, 0) is 30.9 Å². The van der Waals surface area contributed by atoms with E-state index in [0.29, 0.717) is 0 Å². The quantitative estimate of drug-likeness (QED) is 0.827. The molecule has 1 aliphatic carbocycles. The largest absolute Gasteiger partial charge is 0.272 e. The zero-order chi connectivity index (χ0) is 13.2. The number of hydrogen-bond donors (Lipinski definition) is 1. The number of nitrogens with one attached hydrogen (secondary N) is 1. The first-order chi connectivity index (χ1) is 9.27. The third-order valence-corrected chi connectivity index (χ3v) is 4.13. The lowest BCUT2D eigenvalue weighted by Gasteiger charge is -2.24. The maximum absolute atomic E-state index is 12.5. The molecule has 1 heterocycles. The van der Waals surface area contributed by atoms with E-state index in [1.807, 2.05) is 30.3 Å². The summed E-state index contributed by atoms with van der Waals surface area (Å²) in [6, 6.07) is 9.29. The lowest BCUT2D eigenvalue weighted by molar-refractivity contribution is -0.130. The van der Waals surface area contributed by atoms with Crippen LogP contribution in [0.4, 0.5) is 5.69 Å². The van der Waals surface area contributed by atoms with Crippen molar-refractivity contribution in [1.29, 1.82) is 0 Å². The number of hydrazine groups is 1. The molecule has 2 fully saturated rings. The number of nitrogens with zero attached hydrogens (tertiary/aromatic N) is 1. The maximum atomic E-state index is 12.5. The summed E-state index contributed by atoms with van der Waals surface area (Å²) < 4.78 is 0. The molecule has 1 aromatic carbocycles. The van der Waals surface area contributed by atoms with Gasteiger partial charge in [-0.15, -0.1) is 0 Å². The van der Waals surface area contributed by atoms with E-state index in [4.69, 9.17) is 0 Å². The Balaban J connectivity index is 1.81. The van der Waals surface area contributed by atoms with Crippen LogP contribution < -0.4 is 10.4 Å². The molecule has 4 nitrogen and oxygen atoms in total. The highest BCUT2D eigenvalue weighted by Crippen LogP contribution is 2.34. The van der Waals surface area contributed by atoms with Crippen molar-refractivity contribution in [3.05, 3.63) is 30.3 Å². The predicted molar refractivity (Wildman–Crippen MR) is 72.1 cm³/mol. The smallest absolute Gasteiger partial charge is 0.258 e. The molecule has 1 atom stereocenters. The molecule has 2 amide bonds. The summed E-state index contributed by atoms with van der Waals surface area (Å²) >= 11 is 0. The van der Waals surface area contributed by atoms with Gasteiger partial charge in [0.05, 0.1) is 5.69 Å². The summed E-state index contributed by atoms with van der Waals surface area (Å²) in [5, 5.41) is 1.40. The number of benzene rings is 1. The van der Waals surface area contributed by atoms with E-state index < -0.39 is 5.92 Å². The van der Waals surface area contributed by atoms with Crippen molar-refractivity contribution in [3.8, 4) is 0 Å². The summed E-state index contributed by atoms with van der Waals surface area (Å²) in [6.45, 7) is 0. The topological polar surface area (TPSA) is 49.4 Å². The van der Waals surface area contributed by atoms with Crippen LogP contribution in [0.5, 0.6) is 0 Å². The van der Waals surface area contributed by atoms with Crippen molar-refractivity contribution in [1.82, 2.24) is 5.43 Å². The zero-order valence-corrected chi connectivity index (χ0v) is 10.8. The van der Waals surface area contributed by atoms with Crippen LogP contribution in [0.3, 0.4) is 0 Å². The number of hydrogen-bond acceptors (Lipinski definition) is 2. The van der Waals surface area contributed by atoms with Crippen LogP contribution in [-0.2, 0) is 9.59 Å². The Labute approximate surface area is 112 Å². The number of rotatable bonds is 2. The molecule has 0 bridgehead atoms. The molecule has 1 unspecified atom stereocenters. The highest BCUT2D eigenvalue weighted by molar-refractivity contribution is 6.14. The van der Waals surface area contributed by atoms with Crippen molar-refractivity contribution in [3.63, 3.8) is 0 Å². The van der Waals surface area contributed by atoms with E-state index in [2.05, 4.69) is 5.43 Å². The number of amides is 2. The van der Waals surface area contributed by atoms with E-state index in [-0.39, 0.29) is 17.7 Å². The first kappa shape index (κ1) is 12.2. The Morgan fingerprint density at radius 3 is 2.37 bits per heavy atom. The van der Waals surface area contributed by atoms with Gasteiger partial charge in [0, 0.05) is 0 Å². The Kier molecular flexibility index (Phi) is 3.23. The fourth-order valence-electron chi connectivity index (χ4n) is 3.14. The van der Waals surface area contributed by atoms with Crippen molar-refractivity contribution >= 4 is 17.5 Å². The van der Waals surface area contributed by atoms with Crippen LogP contribution in [0.15, 0.2) is 30.3 Å². The maximum Gasteiger partial charge on any atom is 0.258 e. The molecular weight excluding hydrogens is 240 g/mol. The Bertz CT molecular complexity index is 480. The summed E-state index contributed by atoms with van der Waals surface area (Å²) in [7, 11) is 0. The normalized spacial score (nSPS) is 24.6. The van der Waals surface area contributed by atoms with Gasteiger partial charge in [-0.2, -0.15) is 0 Å². The van der Waals surface area contributed by atoms with E-state index in [1.54, 1.807) is 0 Å². The van der Waals surface area contributed by atoms with E-state index >= 15 is 0 Å². The molecule has 1 saturated heterocycles. The van der Waals surface area contributed by atoms with Gasteiger partial charge in [-0.25, -0.2) is 5.01 Å². The molecule has 1 saturated carbocycles. The second-order valence-electron chi connectivity index (χ2n) is 5.36. The Hall–Kier alpha value is -1.84. The molecule has 1 N–H and O–H groups in total. The van der Waals surface area contributed by atoms with Crippen LogP contribution in [0.25, 0.3) is 0 Å². The van der Waals surface area contributed by atoms with Crippen LogP contribution in [0.2, 0.25) is 0 Å². The van der Waals surface area contributed by atoms with Crippen molar-refractivity contribution in [2.75, 3.05) is 5.01 Å². The molecule has 19 heavy (non-hydrogen) atoms. The minimum absolute atomic E-state index is 0.0944. The van der Waals surface area contributed by atoms with Gasteiger partial charge in [0.25, 0.3) is 11.8 Å². The molecule has 2 aliphatic rings. The lowest BCUT2D eigenvalue weighted by atomic mass is 9.79.